The largest absolute Gasteiger partial charge is 0.489 e. The molecule has 2 rings (SSSR count). The summed E-state index contributed by atoms with van der Waals surface area (Å²) >= 11 is 0. The normalized spacial score (nSPS) is 12.3. The summed E-state index contributed by atoms with van der Waals surface area (Å²) in [7, 11) is 1.67. The Morgan fingerprint density at radius 1 is 1.23 bits per heavy atom. The van der Waals surface area contributed by atoms with Gasteiger partial charge in [-0.3, -0.25) is 9.79 Å². The second-order valence-corrected chi connectivity index (χ2v) is 5.75. The van der Waals surface area contributed by atoms with Crippen molar-refractivity contribution in [2.45, 2.75) is 19.6 Å². The van der Waals surface area contributed by atoms with Gasteiger partial charge in [0.15, 0.2) is 5.96 Å². The number of nitrogens with one attached hydrogen (secondary N) is 2. The van der Waals surface area contributed by atoms with Gasteiger partial charge in [0, 0.05) is 19.2 Å². The number of rotatable bonds is 7. The number of hydrogen-bond donors (Lipinski definition) is 3. The first kappa shape index (κ1) is 19.2. The zero-order valence-corrected chi connectivity index (χ0v) is 14.8. The van der Waals surface area contributed by atoms with E-state index in [1.54, 1.807) is 37.4 Å². The van der Waals surface area contributed by atoms with E-state index < -0.39 is 5.91 Å². The third-order valence-corrected chi connectivity index (χ3v) is 3.60. The fraction of sp³-hybridized carbons (Fsp3) is 0.263. The van der Waals surface area contributed by atoms with Crippen molar-refractivity contribution in [2.24, 2.45) is 10.7 Å². The number of nitrogens with two attached hydrogens (primary N) is 1. The number of carbonyl (C=O) groups excluding carboxylic acids is 1. The number of amides is 1. The highest BCUT2D eigenvalue weighted by molar-refractivity contribution is 5.92. The van der Waals surface area contributed by atoms with Crippen LogP contribution < -0.4 is 21.1 Å². The van der Waals surface area contributed by atoms with E-state index in [1.807, 2.05) is 13.0 Å². The van der Waals surface area contributed by atoms with Crippen molar-refractivity contribution in [1.82, 2.24) is 10.6 Å². The highest BCUT2D eigenvalue weighted by Gasteiger charge is 2.07. The summed E-state index contributed by atoms with van der Waals surface area (Å²) in [6, 6.07) is 13.0. The molecule has 2 aromatic carbocycles. The molecule has 0 spiro atoms. The van der Waals surface area contributed by atoms with Crippen LogP contribution in [-0.4, -0.2) is 31.6 Å². The lowest BCUT2D eigenvalue weighted by Gasteiger charge is -2.18. The molecule has 0 saturated carbocycles. The first-order valence-electron chi connectivity index (χ1n) is 8.23. The van der Waals surface area contributed by atoms with Crippen LogP contribution in [0, 0.1) is 5.82 Å². The maximum atomic E-state index is 12.9. The summed E-state index contributed by atoms with van der Waals surface area (Å²) in [5.74, 6) is 0.449. The van der Waals surface area contributed by atoms with Gasteiger partial charge in [0.25, 0.3) is 0 Å². The van der Waals surface area contributed by atoms with E-state index in [2.05, 4.69) is 15.6 Å². The molecule has 1 unspecified atom stereocenters. The molecule has 0 aromatic heterocycles. The molecular formula is C19H23FN4O2. The molecular weight excluding hydrogens is 335 g/mol. The number of carbonyl (C=O) groups is 1. The van der Waals surface area contributed by atoms with Gasteiger partial charge in [-0.05, 0) is 48.9 Å². The van der Waals surface area contributed by atoms with Crippen molar-refractivity contribution in [3.05, 3.63) is 65.5 Å². The van der Waals surface area contributed by atoms with E-state index in [4.69, 9.17) is 10.5 Å². The number of halogens is 1. The number of benzene rings is 2. The van der Waals surface area contributed by atoms with E-state index in [0.29, 0.717) is 30.4 Å². The monoisotopic (exact) mass is 358 g/mol. The second kappa shape index (κ2) is 9.41. The summed E-state index contributed by atoms with van der Waals surface area (Å²) in [4.78, 5) is 15.4. The van der Waals surface area contributed by atoms with Crippen LogP contribution in [-0.2, 0) is 6.54 Å². The van der Waals surface area contributed by atoms with Gasteiger partial charge < -0.3 is 21.1 Å². The predicted molar refractivity (Wildman–Crippen MR) is 99.7 cm³/mol. The molecule has 6 nitrogen and oxygen atoms in total. The summed E-state index contributed by atoms with van der Waals surface area (Å²) < 4.78 is 18.6. The number of nitrogens with zero attached hydrogens (tertiary/aromatic N) is 1. The first-order valence-corrected chi connectivity index (χ1v) is 8.23. The van der Waals surface area contributed by atoms with Crippen molar-refractivity contribution in [1.29, 1.82) is 0 Å². The van der Waals surface area contributed by atoms with Gasteiger partial charge in [0.1, 0.15) is 17.7 Å². The van der Waals surface area contributed by atoms with E-state index in [0.717, 1.165) is 5.56 Å². The Morgan fingerprint density at radius 2 is 1.96 bits per heavy atom. The molecule has 0 radical (unpaired) electrons. The van der Waals surface area contributed by atoms with E-state index >= 15 is 0 Å². The zero-order chi connectivity index (χ0) is 18.9. The quantitative estimate of drug-likeness (QED) is 0.522. The number of ether oxygens (including phenoxy) is 1. The molecule has 4 N–H and O–H groups in total. The van der Waals surface area contributed by atoms with Gasteiger partial charge in [-0.15, -0.1) is 0 Å². The van der Waals surface area contributed by atoms with Gasteiger partial charge >= 0.3 is 0 Å². The molecule has 2 aromatic rings. The van der Waals surface area contributed by atoms with Gasteiger partial charge in [-0.25, -0.2) is 4.39 Å². The summed E-state index contributed by atoms with van der Waals surface area (Å²) in [6.07, 6.45) is -0.141. The topological polar surface area (TPSA) is 88.7 Å². The fourth-order valence-electron chi connectivity index (χ4n) is 2.27. The Labute approximate surface area is 152 Å². The third-order valence-electron chi connectivity index (χ3n) is 3.60. The maximum Gasteiger partial charge on any atom is 0.248 e. The molecule has 1 atom stereocenters. The van der Waals surface area contributed by atoms with Crippen molar-refractivity contribution in [3.8, 4) is 5.75 Å². The molecule has 0 aliphatic heterocycles. The van der Waals surface area contributed by atoms with Crippen LogP contribution >= 0.6 is 0 Å². The van der Waals surface area contributed by atoms with Crippen LogP contribution in [0.4, 0.5) is 4.39 Å². The second-order valence-electron chi connectivity index (χ2n) is 5.75. The van der Waals surface area contributed by atoms with E-state index in [1.165, 1.54) is 12.1 Å². The SMILES string of the molecule is CN=C(NCc1cccc(C(N)=O)c1)NCC(C)Oc1ccc(F)cc1. The minimum atomic E-state index is -0.457. The lowest BCUT2D eigenvalue weighted by atomic mass is 10.1. The summed E-state index contributed by atoms with van der Waals surface area (Å²) in [5, 5.41) is 6.32. The summed E-state index contributed by atoms with van der Waals surface area (Å²) in [6.45, 7) is 2.91. The number of primary amides is 1. The van der Waals surface area contributed by atoms with E-state index in [9.17, 15) is 9.18 Å². The molecule has 7 heteroatoms. The molecule has 0 heterocycles. The van der Waals surface area contributed by atoms with Crippen molar-refractivity contribution >= 4 is 11.9 Å². The first-order chi connectivity index (χ1) is 12.5. The van der Waals surface area contributed by atoms with E-state index in [-0.39, 0.29) is 11.9 Å². The van der Waals surface area contributed by atoms with Crippen molar-refractivity contribution < 1.29 is 13.9 Å². The molecule has 0 fully saturated rings. The summed E-state index contributed by atoms with van der Waals surface area (Å²) in [5.41, 5.74) is 6.67. The Bertz CT molecular complexity index is 762. The Morgan fingerprint density at radius 3 is 2.62 bits per heavy atom. The van der Waals surface area contributed by atoms with Crippen molar-refractivity contribution in [3.63, 3.8) is 0 Å². The standard InChI is InChI=1S/C19H23FN4O2/c1-13(26-17-8-6-16(20)7-9-17)11-23-19(22-2)24-12-14-4-3-5-15(10-14)18(21)25/h3-10,13H,11-12H2,1-2H3,(H2,21,25)(H2,22,23,24). The van der Waals surface area contributed by atoms with Crippen LogP contribution in [0.1, 0.15) is 22.8 Å². The molecule has 26 heavy (non-hydrogen) atoms. The molecule has 0 saturated heterocycles. The van der Waals surface area contributed by atoms with Gasteiger partial charge in [-0.1, -0.05) is 12.1 Å². The number of aliphatic imine (C=N–C) groups is 1. The third kappa shape index (κ3) is 6.08. The molecule has 0 aliphatic rings. The average molecular weight is 358 g/mol. The van der Waals surface area contributed by atoms with Crippen LogP contribution in [0.25, 0.3) is 0 Å². The number of hydrogen-bond acceptors (Lipinski definition) is 3. The molecule has 138 valence electrons. The molecule has 1 amide bonds. The predicted octanol–water partition coefficient (Wildman–Crippen LogP) is 2.06. The Kier molecular flexibility index (Phi) is 6.96. The van der Waals surface area contributed by atoms with Crippen molar-refractivity contribution in [2.75, 3.05) is 13.6 Å². The fourth-order valence-corrected chi connectivity index (χ4v) is 2.27. The maximum absolute atomic E-state index is 12.9. The lowest BCUT2D eigenvalue weighted by molar-refractivity contribution is 0.1000. The van der Waals surface area contributed by atoms with Gasteiger partial charge in [-0.2, -0.15) is 0 Å². The Balaban J connectivity index is 1.81. The van der Waals surface area contributed by atoms with Crippen LogP contribution in [0.5, 0.6) is 5.75 Å². The molecule has 0 bridgehead atoms. The average Bonchev–Trinajstić information content (AvgIpc) is 2.64. The van der Waals surface area contributed by atoms with Crippen LogP contribution in [0.2, 0.25) is 0 Å². The molecule has 0 aliphatic carbocycles. The number of guanidine groups is 1. The lowest BCUT2D eigenvalue weighted by Crippen LogP contribution is -2.41. The van der Waals surface area contributed by atoms with Gasteiger partial charge in [0.2, 0.25) is 5.91 Å². The highest BCUT2D eigenvalue weighted by atomic mass is 19.1. The zero-order valence-electron chi connectivity index (χ0n) is 14.8. The minimum Gasteiger partial charge on any atom is -0.489 e. The Hall–Kier alpha value is -3.09. The van der Waals surface area contributed by atoms with Crippen LogP contribution in [0.3, 0.4) is 0 Å². The minimum absolute atomic E-state index is 0.141. The smallest absolute Gasteiger partial charge is 0.248 e. The van der Waals surface area contributed by atoms with Crippen LogP contribution in [0.15, 0.2) is 53.5 Å². The van der Waals surface area contributed by atoms with Gasteiger partial charge in [0.05, 0.1) is 6.54 Å². The highest BCUT2D eigenvalue weighted by Crippen LogP contribution is 2.12.